The second kappa shape index (κ2) is 7.75. The van der Waals surface area contributed by atoms with E-state index in [-0.39, 0.29) is 24.8 Å². The van der Waals surface area contributed by atoms with Crippen LogP contribution in [0.3, 0.4) is 0 Å². The number of halogens is 2. The average Bonchev–Trinajstić information content (AvgIpc) is 2.59. The first-order valence-electron chi connectivity index (χ1n) is 5.38. The van der Waals surface area contributed by atoms with Crippen LogP contribution < -0.4 is 5.32 Å². The minimum Gasteiger partial charge on any atom is -0.316 e. The Morgan fingerprint density at radius 2 is 1.79 bits per heavy atom. The van der Waals surface area contributed by atoms with Crippen LogP contribution in [0.1, 0.15) is 25.7 Å². The van der Waals surface area contributed by atoms with Crippen LogP contribution in [0.25, 0.3) is 0 Å². The van der Waals surface area contributed by atoms with Crippen molar-refractivity contribution in [3.63, 3.8) is 0 Å². The third-order valence-electron chi connectivity index (χ3n) is 3.11. The van der Waals surface area contributed by atoms with Crippen LogP contribution >= 0.6 is 24.8 Å². The van der Waals surface area contributed by atoms with E-state index in [1.54, 1.807) is 0 Å². The van der Waals surface area contributed by atoms with Crippen molar-refractivity contribution in [1.82, 2.24) is 10.2 Å². The molecule has 0 aromatic heterocycles. The van der Waals surface area contributed by atoms with E-state index in [1.165, 1.54) is 58.4 Å². The van der Waals surface area contributed by atoms with E-state index in [1.807, 2.05) is 0 Å². The first kappa shape index (κ1) is 14.5. The molecule has 0 aliphatic carbocycles. The molecular weight excluding hydrogens is 219 g/mol. The number of nitrogens with zero attached hydrogens (tertiary/aromatic N) is 1. The molecule has 2 rings (SSSR count). The molecule has 86 valence electrons. The van der Waals surface area contributed by atoms with Crippen molar-refractivity contribution < 1.29 is 0 Å². The lowest BCUT2D eigenvalue weighted by atomic mass is 9.99. The second-order valence-electron chi connectivity index (χ2n) is 4.22. The van der Waals surface area contributed by atoms with Crippen LogP contribution in [0.5, 0.6) is 0 Å². The van der Waals surface area contributed by atoms with Crippen LogP contribution in [-0.2, 0) is 0 Å². The van der Waals surface area contributed by atoms with E-state index in [0.717, 1.165) is 5.92 Å². The molecule has 0 saturated carbocycles. The molecule has 0 aromatic rings. The fourth-order valence-electron chi connectivity index (χ4n) is 2.41. The summed E-state index contributed by atoms with van der Waals surface area (Å²) in [6.45, 7) is 6.58. The molecule has 0 spiro atoms. The Bertz CT molecular complexity index is 132. The first-order valence-corrected chi connectivity index (χ1v) is 5.38. The fraction of sp³-hybridized carbons (Fsp3) is 1.00. The standard InChI is InChI=1S/C10H20N2.2ClH/c1-2-7-12(6-1)9-10-4-3-5-11-8-10;;/h10-11H,1-9H2;2*1H. The number of hydrogen-bond acceptors (Lipinski definition) is 2. The molecule has 2 fully saturated rings. The van der Waals surface area contributed by atoms with Gasteiger partial charge < -0.3 is 10.2 Å². The predicted octanol–water partition coefficient (Wildman–Crippen LogP) is 1.93. The molecular formula is C10H22Cl2N2. The van der Waals surface area contributed by atoms with Crippen molar-refractivity contribution in [3.8, 4) is 0 Å². The minimum absolute atomic E-state index is 0. The molecule has 1 unspecified atom stereocenters. The summed E-state index contributed by atoms with van der Waals surface area (Å²) in [6, 6.07) is 0. The molecule has 2 heterocycles. The number of nitrogens with one attached hydrogen (secondary N) is 1. The molecule has 4 heteroatoms. The van der Waals surface area contributed by atoms with Gasteiger partial charge in [0, 0.05) is 6.54 Å². The topological polar surface area (TPSA) is 15.3 Å². The first-order chi connectivity index (χ1) is 5.95. The highest BCUT2D eigenvalue weighted by molar-refractivity contribution is 5.85. The van der Waals surface area contributed by atoms with Crippen LogP contribution in [0.4, 0.5) is 0 Å². The smallest absolute Gasteiger partial charge is 0.00218 e. The van der Waals surface area contributed by atoms with Crippen LogP contribution in [0, 0.1) is 5.92 Å². The van der Waals surface area contributed by atoms with Crippen LogP contribution in [0.2, 0.25) is 0 Å². The predicted molar refractivity (Wildman–Crippen MR) is 65.8 cm³/mol. The molecule has 14 heavy (non-hydrogen) atoms. The number of rotatable bonds is 2. The van der Waals surface area contributed by atoms with Gasteiger partial charge in [0.1, 0.15) is 0 Å². The highest BCUT2D eigenvalue weighted by atomic mass is 35.5. The maximum Gasteiger partial charge on any atom is 0.00218 e. The Morgan fingerprint density at radius 1 is 1.07 bits per heavy atom. The molecule has 0 amide bonds. The highest BCUT2D eigenvalue weighted by Crippen LogP contribution is 2.15. The molecule has 1 N–H and O–H groups in total. The third-order valence-corrected chi connectivity index (χ3v) is 3.11. The van der Waals surface area contributed by atoms with Crippen molar-refractivity contribution in [1.29, 1.82) is 0 Å². The van der Waals surface area contributed by atoms with Crippen LogP contribution in [-0.4, -0.2) is 37.6 Å². The maximum atomic E-state index is 3.48. The fourth-order valence-corrected chi connectivity index (χ4v) is 2.41. The maximum absolute atomic E-state index is 3.48. The number of piperidine rings is 1. The van der Waals surface area contributed by atoms with Crippen molar-refractivity contribution in [2.45, 2.75) is 25.7 Å². The van der Waals surface area contributed by atoms with E-state index in [2.05, 4.69) is 10.2 Å². The molecule has 2 saturated heterocycles. The zero-order valence-corrected chi connectivity index (χ0v) is 10.3. The summed E-state index contributed by atoms with van der Waals surface area (Å²) in [4.78, 5) is 2.64. The van der Waals surface area contributed by atoms with Crippen molar-refractivity contribution >= 4 is 24.8 Å². The lowest BCUT2D eigenvalue weighted by Crippen LogP contribution is -2.37. The molecule has 0 bridgehead atoms. The van der Waals surface area contributed by atoms with Crippen LogP contribution in [0.15, 0.2) is 0 Å². The van der Waals surface area contributed by atoms with E-state index in [0.29, 0.717) is 0 Å². The summed E-state index contributed by atoms with van der Waals surface area (Å²) in [6.07, 6.45) is 5.70. The Hall–Kier alpha value is 0.500. The molecule has 2 nitrogen and oxygen atoms in total. The monoisotopic (exact) mass is 240 g/mol. The molecule has 1 atom stereocenters. The van der Waals surface area contributed by atoms with E-state index >= 15 is 0 Å². The largest absolute Gasteiger partial charge is 0.316 e. The van der Waals surface area contributed by atoms with Gasteiger partial charge in [-0.2, -0.15) is 0 Å². The quantitative estimate of drug-likeness (QED) is 0.794. The van der Waals surface area contributed by atoms with Gasteiger partial charge in [-0.25, -0.2) is 0 Å². The van der Waals surface area contributed by atoms with E-state index in [4.69, 9.17) is 0 Å². The van der Waals surface area contributed by atoms with Gasteiger partial charge in [-0.3, -0.25) is 0 Å². The summed E-state index contributed by atoms with van der Waals surface area (Å²) in [5.74, 6) is 0.942. The van der Waals surface area contributed by atoms with Gasteiger partial charge in [0.05, 0.1) is 0 Å². The summed E-state index contributed by atoms with van der Waals surface area (Å²) >= 11 is 0. The molecule has 2 aliphatic rings. The Balaban J connectivity index is 0.000000845. The van der Waals surface area contributed by atoms with Gasteiger partial charge in [-0.1, -0.05) is 0 Å². The second-order valence-corrected chi connectivity index (χ2v) is 4.22. The zero-order chi connectivity index (χ0) is 8.23. The summed E-state index contributed by atoms with van der Waals surface area (Å²) in [5, 5.41) is 3.48. The van der Waals surface area contributed by atoms with Crippen molar-refractivity contribution in [2.24, 2.45) is 5.92 Å². The van der Waals surface area contributed by atoms with Gasteiger partial charge in [0.15, 0.2) is 0 Å². The lowest BCUT2D eigenvalue weighted by molar-refractivity contribution is 0.244. The Labute approximate surface area is 99.6 Å². The molecule has 0 aromatic carbocycles. The van der Waals surface area contributed by atoms with Crippen molar-refractivity contribution in [2.75, 3.05) is 32.7 Å². The Morgan fingerprint density at radius 3 is 2.36 bits per heavy atom. The minimum atomic E-state index is 0. The lowest BCUT2D eigenvalue weighted by Gasteiger charge is -2.27. The normalized spacial score (nSPS) is 27.9. The zero-order valence-electron chi connectivity index (χ0n) is 8.71. The highest BCUT2D eigenvalue weighted by Gasteiger charge is 2.18. The summed E-state index contributed by atoms with van der Waals surface area (Å²) in [7, 11) is 0. The molecule has 0 radical (unpaired) electrons. The van der Waals surface area contributed by atoms with E-state index < -0.39 is 0 Å². The average molecular weight is 241 g/mol. The number of likely N-dealkylation sites (tertiary alicyclic amines) is 1. The number of hydrogen-bond donors (Lipinski definition) is 1. The SMILES string of the molecule is C1CNCC(CN2CCCC2)C1.Cl.Cl. The van der Waals surface area contributed by atoms with Gasteiger partial charge in [0.25, 0.3) is 0 Å². The summed E-state index contributed by atoms with van der Waals surface area (Å²) in [5.41, 5.74) is 0. The van der Waals surface area contributed by atoms with Gasteiger partial charge >= 0.3 is 0 Å². The van der Waals surface area contributed by atoms with Crippen molar-refractivity contribution in [3.05, 3.63) is 0 Å². The molecule has 2 aliphatic heterocycles. The third kappa shape index (κ3) is 4.35. The Kier molecular flexibility index (Phi) is 8.02. The van der Waals surface area contributed by atoms with Gasteiger partial charge in [0.2, 0.25) is 0 Å². The summed E-state index contributed by atoms with van der Waals surface area (Å²) < 4.78 is 0. The van der Waals surface area contributed by atoms with E-state index in [9.17, 15) is 0 Å². The van der Waals surface area contributed by atoms with Gasteiger partial charge in [-0.05, 0) is 57.8 Å². The van der Waals surface area contributed by atoms with Gasteiger partial charge in [-0.15, -0.1) is 24.8 Å².